The van der Waals surface area contributed by atoms with Crippen molar-refractivity contribution in [3.8, 4) is 11.5 Å². The maximum Gasteiger partial charge on any atom is 0.182 e. The zero-order chi connectivity index (χ0) is 21.4. The third-order valence-electron chi connectivity index (χ3n) is 7.05. The Morgan fingerprint density at radius 3 is 2.45 bits per heavy atom. The van der Waals surface area contributed by atoms with Crippen molar-refractivity contribution in [3.63, 3.8) is 0 Å². The average Bonchev–Trinajstić information content (AvgIpc) is 3.30. The topological polar surface area (TPSA) is 54.6 Å². The van der Waals surface area contributed by atoms with E-state index in [1.54, 1.807) is 14.2 Å². The number of H-pyrrole nitrogens is 1. The molecule has 0 bridgehead atoms. The van der Waals surface area contributed by atoms with E-state index in [0.717, 1.165) is 54.6 Å². The number of piperidine rings is 1. The Bertz CT molecular complexity index is 1080. The summed E-state index contributed by atoms with van der Waals surface area (Å²) in [4.78, 5) is 19.1. The maximum absolute atomic E-state index is 13.2. The van der Waals surface area contributed by atoms with Gasteiger partial charge in [-0.15, -0.1) is 0 Å². The summed E-state index contributed by atoms with van der Waals surface area (Å²) in [5.74, 6) is 2.39. The van der Waals surface area contributed by atoms with Crippen molar-refractivity contribution in [1.82, 2.24) is 9.88 Å². The third kappa shape index (κ3) is 3.83. The SMILES string of the molecule is COc1cc2[nH]c3c(c2cc1OC)CC(CC1CCN(Cc2ccccc2)CC1)C3=O. The zero-order valence-electron chi connectivity index (χ0n) is 18.3. The van der Waals surface area contributed by atoms with Crippen LogP contribution in [0.3, 0.4) is 0 Å². The van der Waals surface area contributed by atoms with Crippen LogP contribution in [-0.4, -0.2) is 43.0 Å². The minimum absolute atomic E-state index is 0.101. The molecular weight excluding hydrogens is 388 g/mol. The molecule has 1 fully saturated rings. The molecule has 1 aromatic heterocycles. The molecule has 2 heterocycles. The standard InChI is InChI=1S/C26H30N2O3/c1-30-23-14-20-21-13-19(26(29)25(21)27-22(20)15-24(23)31-2)12-17-8-10-28(11-9-17)16-18-6-4-3-5-7-18/h3-7,14-15,17,19,27H,8-13,16H2,1-2H3. The predicted octanol–water partition coefficient (Wildman–Crippen LogP) is 4.84. The highest BCUT2D eigenvalue weighted by atomic mass is 16.5. The van der Waals surface area contributed by atoms with Crippen LogP contribution in [0.5, 0.6) is 11.5 Å². The zero-order valence-corrected chi connectivity index (χ0v) is 18.3. The molecule has 31 heavy (non-hydrogen) atoms. The van der Waals surface area contributed by atoms with Crippen molar-refractivity contribution < 1.29 is 14.3 Å². The fourth-order valence-electron chi connectivity index (χ4n) is 5.36. The van der Waals surface area contributed by atoms with Crippen molar-refractivity contribution in [2.45, 2.75) is 32.2 Å². The minimum atomic E-state index is 0.101. The fraction of sp³-hybridized carbons (Fsp3) is 0.423. The summed E-state index contributed by atoms with van der Waals surface area (Å²) in [6.45, 7) is 3.26. The number of aromatic amines is 1. The van der Waals surface area contributed by atoms with Crippen LogP contribution in [0.2, 0.25) is 0 Å². The molecule has 5 heteroatoms. The lowest BCUT2D eigenvalue weighted by molar-refractivity contribution is 0.0892. The quantitative estimate of drug-likeness (QED) is 0.622. The van der Waals surface area contributed by atoms with Crippen LogP contribution < -0.4 is 9.47 Å². The van der Waals surface area contributed by atoms with Crippen molar-refractivity contribution in [2.24, 2.45) is 11.8 Å². The Labute approximate surface area is 183 Å². The second-order valence-corrected chi connectivity index (χ2v) is 8.94. The van der Waals surface area contributed by atoms with Gasteiger partial charge in [0, 0.05) is 23.9 Å². The smallest absolute Gasteiger partial charge is 0.182 e. The van der Waals surface area contributed by atoms with E-state index < -0.39 is 0 Å². The molecule has 2 aliphatic rings. The van der Waals surface area contributed by atoms with Gasteiger partial charge in [-0.25, -0.2) is 0 Å². The van der Waals surface area contributed by atoms with Crippen LogP contribution >= 0.6 is 0 Å². The number of hydrogen-bond donors (Lipinski definition) is 1. The highest BCUT2D eigenvalue weighted by molar-refractivity contribution is 6.07. The van der Waals surface area contributed by atoms with Gasteiger partial charge in [-0.3, -0.25) is 9.69 Å². The van der Waals surface area contributed by atoms with E-state index in [9.17, 15) is 4.79 Å². The number of nitrogens with one attached hydrogen (secondary N) is 1. The van der Waals surface area contributed by atoms with Gasteiger partial charge in [-0.2, -0.15) is 0 Å². The summed E-state index contributed by atoms with van der Waals surface area (Å²) in [6, 6.07) is 14.6. The lowest BCUT2D eigenvalue weighted by atomic mass is 9.85. The van der Waals surface area contributed by atoms with Gasteiger partial charge in [-0.05, 0) is 61.9 Å². The summed E-state index contributed by atoms with van der Waals surface area (Å²) in [7, 11) is 3.28. The first-order chi connectivity index (χ1) is 15.2. The number of Topliss-reactive ketones (excluding diaryl/α,β-unsaturated/α-hetero) is 1. The summed E-state index contributed by atoms with van der Waals surface area (Å²) in [5.41, 5.74) is 4.26. The first-order valence-electron chi connectivity index (χ1n) is 11.2. The minimum Gasteiger partial charge on any atom is -0.493 e. The largest absolute Gasteiger partial charge is 0.493 e. The van der Waals surface area contributed by atoms with Gasteiger partial charge in [0.05, 0.1) is 25.4 Å². The molecule has 2 aromatic carbocycles. The molecule has 0 amide bonds. The number of likely N-dealkylation sites (tertiary alicyclic amines) is 1. The second-order valence-electron chi connectivity index (χ2n) is 8.94. The van der Waals surface area contributed by atoms with E-state index in [1.807, 2.05) is 12.1 Å². The average molecular weight is 419 g/mol. The fourth-order valence-corrected chi connectivity index (χ4v) is 5.36. The van der Waals surface area contributed by atoms with Gasteiger partial charge < -0.3 is 14.5 Å². The van der Waals surface area contributed by atoms with Gasteiger partial charge in [-0.1, -0.05) is 30.3 Å². The third-order valence-corrected chi connectivity index (χ3v) is 7.05. The summed E-state index contributed by atoms with van der Waals surface area (Å²) < 4.78 is 10.9. The number of carbonyl (C=O) groups excluding carboxylic acids is 1. The highest BCUT2D eigenvalue weighted by Crippen LogP contribution is 2.41. The van der Waals surface area contributed by atoms with Crippen molar-refractivity contribution in [1.29, 1.82) is 0 Å². The molecule has 0 radical (unpaired) electrons. The Morgan fingerprint density at radius 2 is 1.74 bits per heavy atom. The Hall–Kier alpha value is -2.79. The molecule has 1 saturated heterocycles. The van der Waals surface area contributed by atoms with Crippen molar-refractivity contribution in [2.75, 3.05) is 27.3 Å². The molecule has 1 aliphatic heterocycles. The monoisotopic (exact) mass is 418 g/mol. The highest BCUT2D eigenvalue weighted by Gasteiger charge is 2.36. The van der Waals surface area contributed by atoms with E-state index >= 15 is 0 Å². The van der Waals surface area contributed by atoms with Gasteiger partial charge in [0.2, 0.25) is 0 Å². The first kappa shape index (κ1) is 20.1. The molecule has 1 aliphatic carbocycles. The molecule has 3 aromatic rings. The normalized spacial score (nSPS) is 19.7. The lowest BCUT2D eigenvalue weighted by Crippen LogP contribution is -2.34. The van der Waals surface area contributed by atoms with E-state index in [2.05, 4.69) is 40.2 Å². The van der Waals surface area contributed by atoms with E-state index in [-0.39, 0.29) is 11.7 Å². The summed E-state index contributed by atoms with van der Waals surface area (Å²) in [6.07, 6.45) is 4.18. The summed E-state index contributed by atoms with van der Waals surface area (Å²) in [5, 5.41) is 1.08. The molecular formula is C26H30N2O3. The Kier molecular flexibility index (Phi) is 5.45. The van der Waals surface area contributed by atoms with Crippen LogP contribution in [0.25, 0.3) is 10.9 Å². The Balaban J connectivity index is 1.23. The van der Waals surface area contributed by atoms with Gasteiger partial charge in [0.1, 0.15) is 0 Å². The van der Waals surface area contributed by atoms with E-state index in [0.29, 0.717) is 17.4 Å². The molecule has 0 saturated carbocycles. The van der Waals surface area contributed by atoms with Gasteiger partial charge in [0.25, 0.3) is 0 Å². The maximum atomic E-state index is 13.2. The number of ketones is 1. The van der Waals surface area contributed by atoms with Crippen LogP contribution in [0.1, 0.15) is 40.9 Å². The predicted molar refractivity (Wildman–Crippen MR) is 122 cm³/mol. The molecule has 1 atom stereocenters. The number of methoxy groups -OCH3 is 2. The number of aromatic nitrogens is 1. The van der Waals surface area contributed by atoms with Crippen molar-refractivity contribution in [3.05, 3.63) is 59.3 Å². The second kappa shape index (κ2) is 8.39. The Morgan fingerprint density at radius 1 is 1.03 bits per heavy atom. The first-order valence-corrected chi connectivity index (χ1v) is 11.2. The van der Waals surface area contributed by atoms with Gasteiger partial charge >= 0.3 is 0 Å². The number of benzene rings is 2. The number of nitrogens with zero attached hydrogens (tertiary/aromatic N) is 1. The van der Waals surface area contributed by atoms with Crippen LogP contribution in [0.4, 0.5) is 0 Å². The molecule has 1 N–H and O–H groups in total. The van der Waals surface area contributed by atoms with Crippen LogP contribution in [-0.2, 0) is 13.0 Å². The van der Waals surface area contributed by atoms with E-state index in [1.165, 1.54) is 18.4 Å². The molecule has 0 spiro atoms. The number of ether oxygens (including phenoxy) is 2. The summed E-state index contributed by atoms with van der Waals surface area (Å²) >= 11 is 0. The molecule has 5 rings (SSSR count). The number of hydrogen-bond acceptors (Lipinski definition) is 4. The number of rotatable bonds is 6. The number of carbonyl (C=O) groups is 1. The van der Waals surface area contributed by atoms with E-state index in [4.69, 9.17) is 9.47 Å². The molecule has 162 valence electrons. The van der Waals surface area contributed by atoms with Crippen LogP contribution in [0.15, 0.2) is 42.5 Å². The number of fused-ring (bicyclic) bond motifs is 3. The van der Waals surface area contributed by atoms with Gasteiger partial charge in [0.15, 0.2) is 17.3 Å². The van der Waals surface area contributed by atoms with Crippen LogP contribution in [0, 0.1) is 11.8 Å². The molecule has 5 nitrogen and oxygen atoms in total. The van der Waals surface area contributed by atoms with Crippen molar-refractivity contribution >= 4 is 16.7 Å². The lowest BCUT2D eigenvalue weighted by Gasteiger charge is -2.33. The molecule has 1 unspecified atom stereocenters.